The van der Waals surface area contributed by atoms with Gasteiger partial charge in [-0.3, -0.25) is 4.79 Å². The second-order valence-corrected chi connectivity index (χ2v) is 7.98. The van der Waals surface area contributed by atoms with Crippen LogP contribution in [0.4, 0.5) is 4.39 Å². The van der Waals surface area contributed by atoms with Gasteiger partial charge in [0, 0.05) is 24.1 Å². The lowest BCUT2D eigenvalue weighted by atomic mass is 9.98. The fraction of sp³-hybridized carbons (Fsp3) is 0.333. The fourth-order valence-electron chi connectivity index (χ4n) is 3.85. The number of carboxylic acid groups (broad SMARTS) is 1. The first-order valence-electron chi connectivity index (χ1n) is 10.0. The van der Waals surface area contributed by atoms with E-state index in [9.17, 15) is 24.2 Å². The van der Waals surface area contributed by atoms with Crippen LogP contribution in [0.15, 0.2) is 41.3 Å². The standard InChI is InChI=1S/C24H26FNO5/c1-13(2)20(12-27)26-11-18(24(29)30)23(28)17-9-16(21(31-4)10-19(17)26)8-15-7-5-6-14(3)22(15)25/h5-7,9-11,13,20,27H,8,12H2,1-4H3,(H,29,30)/t20-/m1/s1. The summed E-state index contributed by atoms with van der Waals surface area (Å²) in [6.45, 7) is 5.25. The van der Waals surface area contributed by atoms with Gasteiger partial charge < -0.3 is 19.5 Å². The number of aromatic nitrogens is 1. The summed E-state index contributed by atoms with van der Waals surface area (Å²) in [6.07, 6.45) is 1.45. The summed E-state index contributed by atoms with van der Waals surface area (Å²) in [5, 5.41) is 19.7. The number of methoxy groups -OCH3 is 1. The number of hydrogen-bond donors (Lipinski definition) is 2. The molecule has 0 radical (unpaired) electrons. The number of ether oxygens (including phenoxy) is 1. The smallest absolute Gasteiger partial charge is 0.341 e. The summed E-state index contributed by atoms with van der Waals surface area (Å²) in [6, 6.07) is 7.87. The lowest BCUT2D eigenvalue weighted by Crippen LogP contribution is -2.25. The molecule has 1 aromatic heterocycles. The summed E-state index contributed by atoms with van der Waals surface area (Å²) in [7, 11) is 1.48. The molecule has 0 spiro atoms. The van der Waals surface area contributed by atoms with Crippen LogP contribution in [-0.2, 0) is 6.42 Å². The zero-order chi connectivity index (χ0) is 22.9. The average molecular weight is 427 g/mol. The third-order valence-corrected chi connectivity index (χ3v) is 5.63. The lowest BCUT2D eigenvalue weighted by Gasteiger charge is -2.25. The zero-order valence-electron chi connectivity index (χ0n) is 18.0. The van der Waals surface area contributed by atoms with Gasteiger partial charge in [0.05, 0.1) is 25.3 Å². The van der Waals surface area contributed by atoms with E-state index in [1.807, 2.05) is 13.8 Å². The molecule has 0 aliphatic rings. The van der Waals surface area contributed by atoms with Crippen molar-refractivity contribution in [3.05, 3.63) is 74.8 Å². The molecule has 0 aliphatic carbocycles. The second kappa shape index (κ2) is 8.89. The molecular weight excluding hydrogens is 401 g/mol. The van der Waals surface area contributed by atoms with Gasteiger partial charge in [0.15, 0.2) is 0 Å². The number of aromatic carboxylic acids is 1. The Morgan fingerprint density at radius 1 is 1.23 bits per heavy atom. The van der Waals surface area contributed by atoms with Crippen molar-refractivity contribution in [2.75, 3.05) is 13.7 Å². The largest absolute Gasteiger partial charge is 0.496 e. The number of halogens is 1. The predicted molar refractivity (Wildman–Crippen MR) is 117 cm³/mol. The molecule has 164 valence electrons. The number of hydrogen-bond acceptors (Lipinski definition) is 4. The first-order chi connectivity index (χ1) is 14.7. The molecule has 3 rings (SSSR count). The Morgan fingerprint density at radius 3 is 2.52 bits per heavy atom. The highest BCUT2D eigenvalue weighted by Gasteiger charge is 2.23. The number of nitrogens with zero attached hydrogens (tertiary/aromatic N) is 1. The number of aliphatic hydroxyl groups excluding tert-OH is 1. The van der Waals surface area contributed by atoms with Crippen molar-refractivity contribution in [3.63, 3.8) is 0 Å². The number of carbonyl (C=O) groups is 1. The van der Waals surface area contributed by atoms with Gasteiger partial charge in [0.25, 0.3) is 0 Å². The van der Waals surface area contributed by atoms with E-state index in [2.05, 4.69) is 0 Å². The highest BCUT2D eigenvalue weighted by Crippen LogP contribution is 2.31. The van der Waals surface area contributed by atoms with Gasteiger partial charge in [-0.1, -0.05) is 32.0 Å². The molecule has 0 bridgehead atoms. The molecule has 3 aromatic rings. The number of benzene rings is 2. The molecule has 2 aromatic carbocycles. The van der Waals surface area contributed by atoms with E-state index in [0.717, 1.165) is 0 Å². The molecule has 0 saturated carbocycles. The van der Waals surface area contributed by atoms with Crippen molar-refractivity contribution in [2.45, 2.75) is 33.2 Å². The first-order valence-corrected chi connectivity index (χ1v) is 10.0. The molecule has 0 saturated heterocycles. The monoisotopic (exact) mass is 427 g/mol. The zero-order valence-corrected chi connectivity index (χ0v) is 18.0. The maximum absolute atomic E-state index is 14.6. The van der Waals surface area contributed by atoms with Crippen molar-refractivity contribution in [2.24, 2.45) is 5.92 Å². The second-order valence-electron chi connectivity index (χ2n) is 7.98. The molecule has 0 fully saturated rings. The van der Waals surface area contributed by atoms with Crippen LogP contribution >= 0.6 is 0 Å². The number of pyridine rings is 1. The highest BCUT2D eigenvalue weighted by molar-refractivity contribution is 5.93. The van der Waals surface area contributed by atoms with Crippen LogP contribution in [0.2, 0.25) is 0 Å². The van der Waals surface area contributed by atoms with Crippen LogP contribution in [0.3, 0.4) is 0 Å². The van der Waals surface area contributed by atoms with E-state index >= 15 is 0 Å². The molecule has 0 unspecified atom stereocenters. The van der Waals surface area contributed by atoms with Crippen molar-refractivity contribution >= 4 is 16.9 Å². The topological polar surface area (TPSA) is 88.8 Å². The highest BCUT2D eigenvalue weighted by atomic mass is 19.1. The fourth-order valence-corrected chi connectivity index (χ4v) is 3.85. The van der Waals surface area contributed by atoms with Crippen LogP contribution in [0.1, 0.15) is 46.9 Å². The van der Waals surface area contributed by atoms with Gasteiger partial charge in [-0.05, 0) is 35.6 Å². The molecule has 2 N–H and O–H groups in total. The van der Waals surface area contributed by atoms with Crippen LogP contribution < -0.4 is 10.2 Å². The van der Waals surface area contributed by atoms with Gasteiger partial charge in [-0.15, -0.1) is 0 Å². The van der Waals surface area contributed by atoms with Gasteiger partial charge in [0.2, 0.25) is 5.43 Å². The van der Waals surface area contributed by atoms with E-state index in [1.54, 1.807) is 41.8 Å². The molecule has 6 nitrogen and oxygen atoms in total. The SMILES string of the molecule is COc1cc2c(cc1Cc1cccc(C)c1F)c(=O)c(C(=O)O)cn2[C@H](CO)C(C)C. The number of rotatable bonds is 7. The summed E-state index contributed by atoms with van der Waals surface area (Å²) in [4.78, 5) is 24.7. The van der Waals surface area contributed by atoms with Gasteiger partial charge in [-0.25, -0.2) is 9.18 Å². The van der Waals surface area contributed by atoms with Crippen molar-refractivity contribution < 1.29 is 24.1 Å². The minimum atomic E-state index is -1.34. The van der Waals surface area contributed by atoms with E-state index in [0.29, 0.717) is 28.0 Å². The van der Waals surface area contributed by atoms with Gasteiger partial charge in [0.1, 0.15) is 17.1 Å². The Balaban J connectivity index is 2.32. The molecule has 31 heavy (non-hydrogen) atoms. The number of aryl methyl sites for hydroxylation is 1. The average Bonchev–Trinajstić information content (AvgIpc) is 2.72. The van der Waals surface area contributed by atoms with Gasteiger partial charge >= 0.3 is 5.97 Å². The van der Waals surface area contributed by atoms with Crippen LogP contribution in [0, 0.1) is 18.7 Å². The predicted octanol–water partition coefficient (Wildman–Crippen LogP) is 3.94. The van der Waals surface area contributed by atoms with Crippen molar-refractivity contribution in [1.29, 1.82) is 0 Å². The molecule has 1 atom stereocenters. The van der Waals surface area contributed by atoms with E-state index in [1.165, 1.54) is 13.3 Å². The van der Waals surface area contributed by atoms with Crippen molar-refractivity contribution in [3.8, 4) is 5.75 Å². The Kier molecular flexibility index (Phi) is 6.45. The third-order valence-electron chi connectivity index (χ3n) is 5.63. The molecule has 1 heterocycles. The van der Waals surface area contributed by atoms with E-state index in [-0.39, 0.29) is 35.7 Å². The van der Waals surface area contributed by atoms with Crippen LogP contribution in [0.5, 0.6) is 5.75 Å². The number of aliphatic hydroxyl groups is 1. The molecule has 7 heteroatoms. The normalized spacial score (nSPS) is 12.4. The first kappa shape index (κ1) is 22.5. The molecular formula is C24H26FNO5. The number of carboxylic acids is 1. The van der Waals surface area contributed by atoms with Crippen molar-refractivity contribution in [1.82, 2.24) is 4.57 Å². The van der Waals surface area contributed by atoms with Crippen LogP contribution in [-0.4, -0.2) is 34.5 Å². The maximum Gasteiger partial charge on any atom is 0.341 e. The lowest BCUT2D eigenvalue weighted by molar-refractivity contribution is 0.0694. The quantitative estimate of drug-likeness (QED) is 0.596. The third kappa shape index (κ3) is 4.18. The minimum Gasteiger partial charge on any atom is -0.496 e. The summed E-state index contributed by atoms with van der Waals surface area (Å²) in [5.41, 5.74) is 0.958. The number of fused-ring (bicyclic) bond motifs is 1. The molecule has 0 aliphatic heterocycles. The Morgan fingerprint density at radius 2 is 1.94 bits per heavy atom. The van der Waals surface area contributed by atoms with E-state index < -0.39 is 17.4 Å². The summed E-state index contributed by atoms with van der Waals surface area (Å²) in [5.74, 6) is -1.25. The summed E-state index contributed by atoms with van der Waals surface area (Å²) < 4.78 is 21.7. The molecule has 0 amide bonds. The van der Waals surface area contributed by atoms with Gasteiger partial charge in [-0.2, -0.15) is 0 Å². The summed E-state index contributed by atoms with van der Waals surface area (Å²) >= 11 is 0. The van der Waals surface area contributed by atoms with Crippen LogP contribution in [0.25, 0.3) is 10.9 Å². The maximum atomic E-state index is 14.6. The Labute approximate surface area is 179 Å². The Bertz CT molecular complexity index is 1200. The van der Waals surface area contributed by atoms with E-state index in [4.69, 9.17) is 4.74 Å². The Hall–Kier alpha value is -3.19. The minimum absolute atomic E-state index is 0.0237.